The van der Waals surface area contributed by atoms with Crippen molar-refractivity contribution in [3.8, 4) is 5.75 Å². The number of guanidine groups is 1. The minimum absolute atomic E-state index is 0.209. The highest BCUT2D eigenvalue weighted by Crippen LogP contribution is 2.23. The summed E-state index contributed by atoms with van der Waals surface area (Å²) in [6, 6.07) is 5.26. The maximum absolute atomic E-state index is 12.0. The lowest BCUT2D eigenvalue weighted by molar-refractivity contribution is -0.274. The van der Waals surface area contributed by atoms with Crippen LogP contribution in [0.2, 0.25) is 0 Å². The van der Waals surface area contributed by atoms with Crippen molar-refractivity contribution in [1.29, 1.82) is 0 Å². The Balaban J connectivity index is 2.36. The second-order valence-electron chi connectivity index (χ2n) is 4.37. The van der Waals surface area contributed by atoms with Crippen LogP contribution < -0.4 is 15.8 Å². The lowest BCUT2D eigenvalue weighted by atomic mass is 10.3. The molecule has 0 saturated carbocycles. The fourth-order valence-corrected chi connectivity index (χ4v) is 1.59. The lowest BCUT2D eigenvalue weighted by Crippen LogP contribution is -2.23. The number of hydrogen-bond acceptors (Lipinski definition) is 3. The molecule has 0 aliphatic rings. The third kappa shape index (κ3) is 8.35. The summed E-state index contributed by atoms with van der Waals surface area (Å²) in [5.41, 5.74) is 6.22. The van der Waals surface area contributed by atoms with Crippen molar-refractivity contribution in [2.24, 2.45) is 10.7 Å². The van der Waals surface area contributed by atoms with Gasteiger partial charge in [-0.2, -0.15) is 0 Å². The number of ether oxygens (including phenoxy) is 2. The van der Waals surface area contributed by atoms with Gasteiger partial charge in [0.05, 0.1) is 0 Å². The Kier molecular flexibility index (Phi) is 7.51. The number of hydrogen-bond donors (Lipinski definition) is 2. The monoisotopic (exact) mass is 319 g/mol. The van der Waals surface area contributed by atoms with Gasteiger partial charge in [-0.05, 0) is 44.0 Å². The number of anilines is 1. The van der Waals surface area contributed by atoms with Gasteiger partial charge in [-0.15, -0.1) is 13.2 Å². The summed E-state index contributed by atoms with van der Waals surface area (Å²) < 4.78 is 45.0. The molecule has 0 heterocycles. The van der Waals surface area contributed by atoms with E-state index in [1.165, 1.54) is 24.3 Å². The highest BCUT2D eigenvalue weighted by molar-refractivity contribution is 5.92. The molecule has 0 unspecified atom stereocenters. The molecule has 0 saturated heterocycles. The minimum atomic E-state index is -4.70. The van der Waals surface area contributed by atoms with Crippen LogP contribution in [0.25, 0.3) is 0 Å². The van der Waals surface area contributed by atoms with Crippen molar-refractivity contribution < 1.29 is 22.6 Å². The molecule has 0 aromatic heterocycles. The molecule has 1 aromatic rings. The number of alkyl halides is 3. The maximum atomic E-state index is 12.0. The van der Waals surface area contributed by atoms with Crippen molar-refractivity contribution in [2.75, 3.05) is 25.1 Å². The molecular formula is C14H20F3N3O2. The van der Waals surface area contributed by atoms with E-state index in [0.717, 1.165) is 12.8 Å². The minimum Gasteiger partial charge on any atom is -0.406 e. The van der Waals surface area contributed by atoms with Gasteiger partial charge in [0.15, 0.2) is 5.96 Å². The molecule has 0 atom stereocenters. The standard InChI is InChI=1S/C14H20F3N3O2/c1-2-21-10-4-3-9-19-13(18)20-11-5-7-12(8-6-11)22-14(15,16)17/h5-8H,2-4,9-10H2,1H3,(H3,18,19,20). The summed E-state index contributed by atoms with van der Waals surface area (Å²) in [5.74, 6) is -0.0783. The Morgan fingerprint density at radius 2 is 1.91 bits per heavy atom. The van der Waals surface area contributed by atoms with Crippen molar-refractivity contribution in [3.63, 3.8) is 0 Å². The molecule has 1 rings (SSSR count). The van der Waals surface area contributed by atoms with Crippen LogP contribution in [0.5, 0.6) is 5.75 Å². The molecule has 0 fully saturated rings. The van der Waals surface area contributed by atoms with E-state index in [0.29, 0.717) is 25.4 Å². The van der Waals surface area contributed by atoms with Gasteiger partial charge in [-0.3, -0.25) is 4.99 Å². The number of halogens is 3. The van der Waals surface area contributed by atoms with E-state index in [2.05, 4.69) is 15.0 Å². The number of nitrogens with two attached hydrogens (primary N) is 1. The molecule has 124 valence electrons. The van der Waals surface area contributed by atoms with E-state index in [1.54, 1.807) is 0 Å². The normalized spacial score (nSPS) is 12.3. The molecule has 0 aliphatic carbocycles. The number of unbranched alkanes of at least 4 members (excludes halogenated alkanes) is 1. The smallest absolute Gasteiger partial charge is 0.406 e. The molecule has 0 bridgehead atoms. The second kappa shape index (κ2) is 9.14. The first kappa shape index (κ1) is 18.1. The third-order valence-electron chi connectivity index (χ3n) is 2.54. The van der Waals surface area contributed by atoms with Crippen molar-refractivity contribution in [2.45, 2.75) is 26.1 Å². The summed E-state index contributed by atoms with van der Waals surface area (Å²) in [5, 5.41) is 2.79. The Morgan fingerprint density at radius 1 is 1.23 bits per heavy atom. The van der Waals surface area contributed by atoms with Crippen LogP contribution in [0.1, 0.15) is 19.8 Å². The zero-order chi connectivity index (χ0) is 16.4. The summed E-state index contributed by atoms with van der Waals surface area (Å²) in [7, 11) is 0. The van der Waals surface area contributed by atoms with Crippen molar-refractivity contribution in [3.05, 3.63) is 24.3 Å². The number of rotatable bonds is 8. The van der Waals surface area contributed by atoms with Gasteiger partial charge in [-0.1, -0.05) is 0 Å². The van der Waals surface area contributed by atoms with E-state index < -0.39 is 6.36 Å². The van der Waals surface area contributed by atoms with Gasteiger partial charge in [0, 0.05) is 25.4 Å². The van der Waals surface area contributed by atoms with Gasteiger partial charge in [0.25, 0.3) is 0 Å². The van der Waals surface area contributed by atoms with E-state index >= 15 is 0 Å². The maximum Gasteiger partial charge on any atom is 0.573 e. The zero-order valence-corrected chi connectivity index (χ0v) is 12.3. The molecule has 0 spiro atoms. The Morgan fingerprint density at radius 3 is 2.50 bits per heavy atom. The number of aliphatic imine (C=N–C) groups is 1. The van der Waals surface area contributed by atoms with E-state index in [-0.39, 0.29) is 11.7 Å². The van der Waals surface area contributed by atoms with Crippen LogP contribution in [-0.2, 0) is 4.74 Å². The largest absolute Gasteiger partial charge is 0.573 e. The number of benzene rings is 1. The van der Waals surface area contributed by atoms with Gasteiger partial charge in [-0.25, -0.2) is 0 Å². The Hall–Kier alpha value is -1.96. The third-order valence-corrected chi connectivity index (χ3v) is 2.54. The Labute approximate surface area is 127 Å². The van der Waals surface area contributed by atoms with Crippen molar-refractivity contribution in [1.82, 2.24) is 0 Å². The molecule has 8 heteroatoms. The van der Waals surface area contributed by atoms with Gasteiger partial charge >= 0.3 is 6.36 Å². The molecule has 0 radical (unpaired) electrons. The van der Waals surface area contributed by atoms with Crippen LogP contribution >= 0.6 is 0 Å². The molecule has 0 aliphatic heterocycles. The first-order valence-corrected chi connectivity index (χ1v) is 6.91. The molecular weight excluding hydrogens is 299 g/mol. The topological polar surface area (TPSA) is 68.9 Å². The van der Waals surface area contributed by atoms with Crippen LogP contribution in [0.3, 0.4) is 0 Å². The highest BCUT2D eigenvalue weighted by atomic mass is 19.4. The second-order valence-corrected chi connectivity index (χ2v) is 4.37. The molecule has 3 N–H and O–H groups in total. The van der Waals surface area contributed by atoms with Gasteiger partial charge in [0.2, 0.25) is 0 Å². The summed E-state index contributed by atoms with van der Waals surface area (Å²) in [6.45, 7) is 3.88. The fourth-order valence-electron chi connectivity index (χ4n) is 1.59. The van der Waals surface area contributed by atoms with E-state index in [9.17, 15) is 13.2 Å². The summed E-state index contributed by atoms with van der Waals surface area (Å²) >= 11 is 0. The quantitative estimate of drug-likeness (QED) is 0.439. The van der Waals surface area contributed by atoms with Crippen LogP contribution in [0, 0.1) is 0 Å². The fraction of sp³-hybridized carbons (Fsp3) is 0.500. The van der Waals surface area contributed by atoms with Crippen LogP contribution in [0.4, 0.5) is 18.9 Å². The average molecular weight is 319 g/mol. The molecule has 5 nitrogen and oxygen atoms in total. The van der Waals surface area contributed by atoms with Gasteiger partial charge in [0.1, 0.15) is 5.75 Å². The SMILES string of the molecule is CCOCCCCN=C(N)Nc1ccc(OC(F)(F)F)cc1. The van der Waals surface area contributed by atoms with Crippen molar-refractivity contribution >= 4 is 11.6 Å². The van der Waals surface area contributed by atoms with Crippen LogP contribution in [-0.4, -0.2) is 32.1 Å². The summed E-state index contributed by atoms with van der Waals surface area (Å²) in [4.78, 5) is 4.12. The highest BCUT2D eigenvalue weighted by Gasteiger charge is 2.30. The number of nitrogens with zero attached hydrogens (tertiary/aromatic N) is 1. The molecule has 0 amide bonds. The number of nitrogens with one attached hydrogen (secondary N) is 1. The van der Waals surface area contributed by atoms with E-state index in [1.807, 2.05) is 6.92 Å². The predicted molar refractivity (Wildman–Crippen MR) is 79.0 cm³/mol. The molecule has 22 heavy (non-hydrogen) atoms. The van der Waals surface area contributed by atoms with E-state index in [4.69, 9.17) is 10.5 Å². The van der Waals surface area contributed by atoms with Gasteiger partial charge < -0.3 is 20.5 Å². The molecule has 1 aromatic carbocycles. The summed E-state index contributed by atoms with van der Waals surface area (Å²) in [6.07, 6.45) is -2.95. The average Bonchev–Trinajstić information content (AvgIpc) is 2.43. The Bertz CT molecular complexity index is 461. The lowest BCUT2D eigenvalue weighted by Gasteiger charge is -2.10. The van der Waals surface area contributed by atoms with Crippen LogP contribution in [0.15, 0.2) is 29.3 Å². The first-order valence-electron chi connectivity index (χ1n) is 6.91. The zero-order valence-electron chi connectivity index (χ0n) is 12.3. The predicted octanol–water partition coefficient (Wildman–Crippen LogP) is 3.13. The first-order chi connectivity index (χ1) is 10.4.